The Kier molecular flexibility index (Phi) is 21.0. The molecule has 23 nitrogen and oxygen atoms in total. The zero-order chi connectivity index (χ0) is 47.5. The Labute approximate surface area is 379 Å². The van der Waals surface area contributed by atoms with Crippen molar-refractivity contribution >= 4 is 93.8 Å². The average Bonchev–Trinajstić information content (AvgIpc) is 3.56. The summed E-state index contributed by atoms with van der Waals surface area (Å²) in [4.78, 5) is 154. The smallest absolute Gasteiger partial charge is 0.336 e. The van der Waals surface area contributed by atoms with Crippen LogP contribution in [0.4, 0.5) is 0 Å². The molecular weight excluding hydrogens is 963 g/mol. The molecule has 7 amide bonds. The monoisotopic (exact) mass is 1010 g/mol. The summed E-state index contributed by atoms with van der Waals surface area (Å²) in [5, 5.41) is 50.2. The molecule has 1 saturated heterocycles. The van der Waals surface area contributed by atoms with Crippen molar-refractivity contribution in [2.75, 3.05) is 6.54 Å². The molecule has 64 heavy (non-hydrogen) atoms. The molecule has 0 spiro atoms. The molecule has 1 saturated carbocycles. The third-order valence-electron chi connectivity index (χ3n) is 10.4. The van der Waals surface area contributed by atoms with E-state index in [-0.39, 0.29) is 63.8 Å². The van der Waals surface area contributed by atoms with Gasteiger partial charge in [-0.1, -0.05) is 6.07 Å². The normalized spacial score (nSPS) is 17.7. The number of amides is 7. The Balaban J connectivity index is 1.65. The third kappa shape index (κ3) is 17.5. The number of carbonyl (C=O) groups is 12. The van der Waals surface area contributed by atoms with Crippen LogP contribution in [0, 0.1) is 15.4 Å². The number of carboxylic acids is 4. The first-order chi connectivity index (χ1) is 30.2. The number of nitrogens with zero attached hydrogens (tertiary/aromatic N) is 1. The van der Waals surface area contributed by atoms with Gasteiger partial charge in [0.15, 0.2) is 0 Å². The lowest BCUT2D eigenvalue weighted by atomic mass is 9.81. The maximum atomic E-state index is 13.6. The summed E-state index contributed by atoms with van der Waals surface area (Å²) in [5.41, 5.74) is 0.430. The summed E-state index contributed by atoms with van der Waals surface area (Å²) < 4.78 is 0.849. The van der Waals surface area contributed by atoms with E-state index in [0.717, 1.165) is 3.57 Å². The predicted octanol–water partition coefficient (Wildman–Crippen LogP) is 0.223. The average molecular weight is 1010 g/mol. The highest BCUT2D eigenvalue weighted by atomic mass is 127. The zero-order valence-corrected chi connectivity index (χ0v) is 36.7. The predicted molar refractivity (Wildman–Crippen MR) is 224 cm³/mol. The second-order valence-corrected chi connectivity index (χ2v) is 16.4. The van der Waals surface area contributed by atoms with Gasteiger partial charge < -0.3 is 51.8 Å². The standard InChI is InChI=1S/C40H51IN6O17/c41-24-5-3-4-23(20-24)34(56)42-19-2-1-6-28(39(61)62)46-38(60)27(13-18-33(54)55)45-37(59)26(12-17-32(52)53)44-36(58)25(11-16-31(50)51)43-35(57)21-7-9-22(10-8-21)40(63)64-47-29(48)14-15-30(47)49/h3-5,20-22,25-28H,1-2,6-19H2,(H,42,56)(H,43,57)(H,44,58)(H,45,59)(H,46,60)(H,50,51)(H,52,53)(H,54,55)(H,61,62)/t21?,22?,25-,26-,27-,28-/m1/s1. The number of hydrogen-bond donors (Lipinski definition) is 9. The summed E-state index contributed by atoms with van der Waals surface area (Å²) in [6.45, 7) is 0.180. The number of nitrogens with one attached hydrogen (secondary N) is 5. The summed E-state index contributed by atoms with van der Waals surface area (Å²) in [6.07, 6.45) is -3.07. The number of benzene rings is 1. The van der Waals surface area contributed by atoms with E-state index < -0.39 is 140 Å². The molecule has 4 atom stereocenters. The summed E-state index contributed by atoms with van der Waals surface area (Å²) >= 11 is 2.06. The lowest BCUT2D eigenvalue weighted by Gasteiger charge is -2.29. The summed E-state index contributed by atoms with van der Waals surface area (Å²) in [7, 11) is 0. The second-order valence-electron chi connectivity index (χ2n) is 15.2. The van der Waals surface area contributed by atoms with Crippen LogP contribution in [0.5, 0.6) is 0 Å². The number of carboxylic acid groups (broad SMARTS) is 4. The van der Waals surface area contributed by atoms with Crippen LogP contribution in [0.2, 0.25) is 0 Å². The van der Waals surface area contributed by atoms with Crippen LogP contribution in [0.15, 0.2) is 24.3 Å². The molecule has 350 valence electrons. The zero-order valence-electron chi connectivity index (χ0n) is 34.5. The lowest BCUT2D eigenvalue weighted by molar-refractivity contribution is -0.201. The molecular formula is C40H51IN6O17. The molecule has 0 bridgehead atoms. The molecule has 1 aliphatic heterocycles. The van der Waals surface area contributed by atoms with E-state index in [9.17, 15) is 78.0 Å². The molecule has 1 aliphatic carbocycles. The Morgan fingerprint density at radius 3 is 1.58 bits per heavy atom. The highest BCUT2D eigenvalue weighted by Crippen LogP contribution is 2.31. The second kappa shape index (κ2) is 25.8. The van der Waals surface area contributed by atoms with Crippen molar-refractivity contribution in [3.63, 3.8) is 0 Å². The van der Waals surface area contributed by atoms with E-state index in [1.807, 2.05) is 6.07 Å². The van der Waals surface area contributed by atoms with Crippen molar-refractivity contribution in [1.29, 1.82) is 0 Å². The number of unbranched alkanes of at least 4 members (excludes halogenated alkanes) is 1. The molecule has 3 rings (SSSR count). The number of hydroxylamine groups is 2. The summed E-state index contributed by atoms with van der Waals surface area (Å²) in [6, 6.07) is 0.291. The molecule has 0 unspecified atom stereocenters. The summed E-state index contributed by atoms with van der Waals surface area (Å²) in [5.74, 6) is -13.7. The molecule has 24 heteroatoms. The molecule has 1 aromatic rings. The Morgan fingerprint density at radius 2 is 1.11 bits per heavy atom. The maximum Gasteiger partial charge on any atom is 0.336 e. The Bertz CT molecular complexity index is 1940. The van der Waals surface area contributed by atoms with Crippen LogP contribution in [0.25, 0.3) is 0 Å². The molecule has 0 radical (unpaired) electrons. The first-order valence-electron chi connectivity index (χ1n) is 20.5. The van der Waals surface area contributed by atoms with E-state index in [1.54, 1.807) is 18.2 Å². The highest BCUT2D eigenvalue weighted by molar-refractivity contribution is 14.1. The van der Waals surface area contributed by atoms with Crippen LogP contribution in [0.3, 0.4) is 0 Å². The molecule has 9 N–H and O–H groups in total. The van der Waals surface area contributed by atoms with Crippen LogP contribution in [0.1, 0.15) is 107 Å². The topological polar surface area (TPSA) is 358 Å². The van der Waals surface area contributed by atoms with Crippen molar-refractivity contribution in [2.45, 2.75) is 120 Å². The fourth-order valence-electron chi connectivity index (χ4n) is 6.79. The van der Waals surface area contributed by atoms with E-state index in [0.29, 0.717) is 17.0 Å². The Hall–Kier alpha value is -6.21. The Morgan fingerprint density at radius 1 is 0.641 bits per heavy atom. The van der Waals surface area contributed by atoms with Gasteiger partial charge in [0.05, 0.1) is 5.92 Å². The number of carbonyl (C=O) groups excluding carboxylic acids is 8. The van der Waals surface area contributed by atoms with E-state index >= 15 is 0 Å². The SMILES string of the molecule is O=C(O)CC[C@@H](NC(=O)C1CCC(C(=O)ON2C(=O)CCC2=O)CC1)C(=O)N[C@H](CCC(=O)O)C(=O)N[C@H](CCC(=O)O)C(=O)N[C@H](CCCCNC(=O)c1cccc(I)c1)C(=O)O. The van der Waals surface area contributed by atoms with E-state index in [1.165, 1.54) is 0 Å². The van der Waals surface area contributed by atoms with Gasteiger partial charge in [0.25, 0.3) is 17.7 Å². The third-order valence-corrected chi connectivity index (χ3v) is 11.0. The molecule has 2 aliphatic rings. The number of hydrogen-bond acceptors (Lipinski definition) is 13. The van der Waals surface area contributed by atoms with Gasteiger partial charge >= 0.3 is 29.8 Å². The largest absolute Gasteiger partial charge is 0.481 e. The van der Waals surface area contributed by atoms with Gasteiger partial charge in [-0.15, -0.1) is 5.06 Å². The first kappa shape index (κ1) is 52.1. The maximum absolute atomic E-state index is 13.6. The highest BCUT2D eigenvalue weighted by Gasteiger charge is 2.38. The lowest BCUT2D eigenvalue weighted by Crippen LogP contribution is -2.58. The van der Waals surface area contributed by atoms with Gasteiger partial charge in [-0.3, -0.25) is 47.9 Å². The molecule has 0 aromatic heterocycles. The van der Waals surface area contributed by atoms with Gasteiger partial charge in [-0.25, -0.2) is 9.59 Å². The quantitative estimate of drug-likeness (QED) is 0.0341. The van der Waals surface area contributed by atoms with Crippen molar-refractivity contribution in [3.8, 4) is 0 Å². The fourth-order valence-corrected chi connectivity index (χ4v) is 7.34. The van der Waals surface area contributed by atoms with Crippen LogP contribution in [-0.2, 0) is 57.6 Å². The van der Waals surface area contributed by atoms with Crippen LogP contribution in [-0.4, -0.2) is 127 Å². The number of imide groups is 1. The van der Waals surface area contributed by atoms with Crippen LogP contribution < -0.4 is 26.6 Å². The minimum absolute atomic E-state index is 0.0953. The van der Waals surface area contributed by atoms with Crippen molar-refractivity contribution in [3.05, 3.63) is 33.4 Å². The molecule has 1 aromatic carbocycles. The van der Waals surface area contributed by atoms with Gasteiger partial charge in [0.2, 0.25) is 23.6 Å². The van der Waals surface area contributed by atoms with Crippen LogP contribution >= 0.6 is 22.6 Å². The number of halogens is 1. The van der Waals surface area contributed by atoms with Crippen molar-refractivity contribution in [2.24, 2.45) is 11.8 Å². The number of aliphatic carboxylic acids is 4. The minimum Gasteiger partial charge on any atom is -0.481 e. The first-order valence-corrected chi connectivity index (χ1v) is 21.5. The molecule has 2 fully saturated rings. The van der Waals surface area contributed by atoms with Crippen molar-refractivity contribution in [1.82, 2.24) is 31.6 Å². The number of rotatable bonds is 26. The molecule has 1 heterocycles. The van der Waals surface area contributed by atoms with E-state index in [4.69, 9.17) is 4.84 Å². The van der Waals surface area contributed by atoms with Crippen molar-refractivity contribution < 1.29 is 82.8 Å². The van der Waals surface area contributed by atoms with Gasteiger partial charge in [-0.05, 0) is 105 Å². The minimum atomic E-state index is -1.74. The van der Waals surface area contributed by atoms with Gasteiger partial charge in [-0.2, -0.15) is 0 Å². The van der Waals surface area contributed by atoms with E-state index in [2.05, 4.69) is 49.2 Å². The van der Waals surface area contributed by atoms with Gasteiger partial charge in [0.1, 0.15) is 24.2 Å². The van der Waals surface area contributed by atoms with Gasteiger partial charge in [0, 0.05) is 53.7 Å². The fraction of sp³-hybridized carbons (Fsp3) is 0.550.